The molecule has 0 aliphatic carbocycles. The maximum atomic E-state index is 13.7. The molecule has 2 rings (SSSR count). The molecule has 0 spiro atoms. The number of aryl methyl sites for hydroxylation is 2. The van der Waals surface area contributed by atoms with Crippen LogP contribution >= 0.6 is 0 Å². The minimum absolute atomic E-state index is 0.0135. The largest absolute Gasteiger partial charge is 0.477 e. The van der Waals surface area contributed by atoms with Crippen LogP contribution < -0.4 is 5.56 Å². The van der Waals surface area contributed by atoms with E-state index in [1.54, 1.807) is 6.92 Å². The molecule has 1 aromatic carbocycles. The van der Waals surface area contributed by atoms with Crippen LogP contribution in [0.4, 0.5) is 8.78 Å². The highest BCUT2D eigenvalue weighted by Gasteiger charge is 2.17. The first-order valence-corrected chi connectivity index (χ1v) is 6.19. The second kappa shape index (κ2) is 5.47. The summed E-state index contributed by atoms with van der Waals surface area (Å²) in [7, 11) is 0. The highest BCUT2D eigenvalue weighted by Crippen LogP contribution is 2.13. The Bertz CT molecular complexity index is 781. The van der Waals surface area contributed by atoms with E-state index in [1.807, 2.05) is 0 Å². The van der Waals surface area contributed by atoms with Gasteiger partial charge in [-0.3, -0.25) is 4.79 Å². The Morgan fingerprint density at radius 2 is 1.90 bits per heavy atom. The van der Waals surface area contributed by atoms with Gasteiger partial charge >= 0.3 is 5.97 Å². The van der Waals surface area contributed by atoms with E-state index < -0.39 is 23.2 Å². The van der Waals surface area contributed by atoms with Gasteiger partial charge in [0.05, 0.1) is 6.54 Å². The fourth-order valence-corrected chi connectivity index (χ4v) is 2.22. The van der Waals surface area contributed by atoms with Crippen molar-refractivity contribution in [3.05, 3.63) is 68.6 Å². The van der Waals surface area contributed by atoms with Gasteiger partial charge in [0.25, 0.3) is 5.56 Å². The zero-order valence-electron chi connectivity index (χ0n) is 11.5. The third kappa shape index (κ3) is 2.84. The summed E-state index contributed by atoms with van der Waals surface area (Å²) in [5.74, 6) is -2.62. The molecular weight excluding hydrogens is 280 g/mol. The molecule has 0 aliphatic rings. The summed E-state index contributed by atoms with van der Waals surface area (Å²) < 4.78 is 28.0. The van der Waals surface area contributed by atoms with E-state index in [9.17, 15) is 18.4 Å². The Morgan fingerprint density at radius 3 is 2.52 bits per heavy atom. The van der Waals surface area contributed by atoms with Crippen LogP contribution in [0.15, 0.2) is 29.1 Å². The number of halogens is 2. The van der Waals surface area contributed by atoms with E-state index in [2.05, 4.69) is 0 Å². The zero-order valence-corrected chi connectivity index (χ0v) is 11.5. The van der Waals surface area contributed by atoms with E-state index >= 15 is 0 Å². The normalized spacial score (nSPS) is 10.7. The average molecular weight is 293 g/mol. The molecule has 0 fully saturated rings. The van der Waals surface area contributed by atoms with Gasteiger partial charge in [-0.1, -0.05) is 0 Å². The van der Waals surface area contributed by atoms with Crippen LogP contribution in [0.3, 0.4) is 0 Å². The number of nitrogens with zero attached hydrogens (tertiary/aromatic N) is 1. The molecule has 110 valence electrons. The van der Waals surface area contributed by atoms with Gasteiger partial charge < -0.3 is 9.67 Å². The van der Waals surface area contributed by atoms with Crippen molar-refractivity contribution in [3.8, 4) is 0 Å². The van der Waals surface area contributed by atoms with Crippen LogP contribution in [0.25, 0.3) is 0 Å². The lowest BCUT2D eigenvalue weighted by molar-refractivity contribution is 0.0693. The van der Waals surface area contributed by atoms with Crippen molar-refractivity contribution < 1.29 is 18.7 Å². The van der Waals surface area contributed by atoms with E-state index in [1.165, 1.54) is 13.0 Å². The number of aromatic carboxylic acids is 1. The quantitative estimate of drug-likeness (QED) is 0.946. The number of aromatic nitrogens is 1. The van der Waals surface area contributed by atoms with Crippen LogP contribution in [-0.4, -0.2) is 15.6 Å². The maximum Gasteiger partial charge on any atom is 0.341 e. The monoisotopic (exact) mass is 293 g/mol. The third-order valence-corrected chi connectivity index (χ3v) is 3.25. The lowest BCUT2D eigenvalue weighted by Crippen LogP contribution is -2.30. The van der Waals surface area contributed by atoms with Crippen molar-refractivity contribution in [1.29, 1.82) is 0 Å². The van der Waals surface area contributed by atoms with Gasteiger partial charge in [0.1, 0.15) is 17.2 Å². The lowest BCUT2D eigenvalue weighted by atomic mass is 10.1. The van der Waals surface area contributed by atoms with Crippen LogP contribution in [0.2, 0.25) is 0 Å². The van der Waals surface area contributed by atoms with E-state index in [4.69, 9.17) is 5.11 Å². The number of hydrogen-bond acceptors (Lipinski definition) is 2. The van der Waals surface area contributed by atoms with Gasteiger partial charge in [-0.15, -0.1) is 0 Å². The fraction of sp³-hybridized carbons (Fsp3) is 0.200. The molecule has 0 unspecified atom stereocenters. The van der Waals surface area contributed by atoms with Crippen LogP contribution in [0.1, 0.15) is 27.2 Å². The van der Waals surface area contributed by atoms with Gasteiger partial charge in [-0.2, -0.15) is 0 Å². The number of rotatable bonds is 3. The van der Waals surface area contributed by atoms with Gasteiger partial charge in [0, 0.05) is 11.3 Å². The molecule has 1 aromatic heterocycles. The fourth-order valence-electron chi connectivity index (χ4n) is 2.22. The first kappa shape index (κ1) is 14.9. The number of pyridine rings is 1. The number of hydrogen-bond donors (Lipinski definition) is 1. The molecule has 1 heterocycles. The predicted octanol–water partition coefficient (Wildman–Crippen LogP) is 2.49. The molecule has 0 saturated carbocycles. The summed E-state index contributed by atoms with van der Waals surface area (Å²) in [6.45, 7) is 2.90. The number of carbonyl (C=O) groups is 1. The molecule has 0 saturated heterocycles. The van der Waals surface area contributed by atoms with E-state index in [-0.39, 0.29) is 17.7 Å². The van der Waals surface area contributed by atoms with Crippen molar-refractivity contribution in [2.24, 2.45) is 0 Å². The van der Waals surface area contributed by atoms with Crippen LogP contribution in [0, 0.1) is 25.5 Å². The Hall–Kier alpha value is -2.50. The Balaban J connectivity index is 2.60. The Morgan fingerprint density at radius 1 is 1.24 bits per heavy atom. The summed E-state index contributed by atoms with van der Waals surface area (Å²) in [6.07, 6.45) is 0. The van der Waals surface area contributed by atoms with Crippen LogP contribution in [0.5, 0.6) is 0 Å². The van der Waals surface area contributed by atoms with Crippen molar-refractivity contribution in [2.75, 3.05) is 0 Å². The Labute approximate surface area is 119 Å². The molecule has 1 N–H and O–H groups in total. The molecule has 21 heavy (non-hydrogen) atoms. The molecule has 2 aromatic rings. The SMILES string of the molecule is Cc1cc(C)n(Cc2cc(F)ccc2F)c(=O)c1C(=O)O. The van der Waals surface area contributed by atoms with Gasteiger partial charge in [-0.05, 0) is 43.7 Å². The van der Waals surface area contributed by atoms with Crippen molar-refractivity contribution in [1.82, 2.24) is 4.57 Å². The first-order valence-electron chi connectivity index (χ1n) is 6.19. The summed E-state index contributed by atoms with van der Waals surface area (Å²) in [6, 6.07) is 4.47. The zero-order chi connectivity index (χ0) is 15.7. The molecule has 0 amide bonds. The number of carboxylic acids is 1. The summed E-state index contributed by atoms with van der Waals surface area (Å²) in [5.41, 5.74) is -0.298. The summed E-state index contributed by atoms with van der Waals surface area (Å²) in [5, 5.41) is 9.08. The molecule has 0 atom stereocenters. The topological polar surface area (TPSA) is 59.3 Å². The molecular formula is C15H13F2NO3. The van der Waals surface area contributed by atoms with Crippen molar-refractivity contribution in [2.45, 2.75) is 20.4 Å². The summed E-state index contributed by atoms with van der Waals surface area (Å²) in [4.78, 5) is 23.4. The minimum atomic E-state index is -1.34. The Kier molecular flexibility index (Phi) is 3.88. The van der Waals surface area contributed by atoms with E-state index in [0.29, 0.717) is 11.3 Å². The molecule has 0 radical (unpaired) electrons. The van der Waals surface area contributed by atoms with E-state index in [0.717, 1.165) is 22.8 Å². The van der Waals surface area contributed by atoms with Gasteiger partial charge in [0.15, 0.2) is 0 Å². The van der Waals surface area contributed by atoms with Gasteiger partial charge in [-0.25, -0.2) is 13.6 Å². The van der Waals surface area contributed by atoms with Crippen LogP contribution in [-0.2, 0) is 6.54 Å². The molecule has 0 aliphatic heterocycles. The highest BCUT2D eigenvalue weighted by atomic mass is 19.1. The maximum absolute atomic E-state index is 13.7. The second-order valence-electron chi connectivity index (χ2n) is 4.78. The highest BCUT2D eigenvalue weighted by molar-refractivity contribution is 5.88. The number of carboxylic acid groups (broad SMARTS) is 1. The number of benzene rings is 1. The molecule has 6 heteroatoms. The smallest absolute Gasteiger partial charge is 0.341 e. The standard InChI is InChI=1S/C15H13F2NO3/c1-8-5-9(2)18(14(19)13(8)15(20)21)7-10-6-11(16)3-4-12(10)17/h3-6H,7H2,1-2H3,(H,20,21). The summed E-state index contributed by atoms with van der Waals surface area (Å²) >= 11 is 0. The van der Waals surface area contributed by atoms with Crippen molar-refractivity contribution >= 4 is 5.97 Å². The predicted molar refractivity (Wildman–Crippen MR) is 72.6 cm³/mol. The van der Waals surface area contributed by atoms with Crippen molar-refractivity contribution in [3.63, 3.8) is 0 Å². The lowest BCUT2D eigenvalue weighted by Gasteiger charge is -2.13. The molecule has 4 nitrogen and oxygen atoms in total. The first-order chi connectivity index (χ1) is 9.81. The second-order valence-corrected chi connectivity index (χ2v) is 4.78. The molecule has 0 bridgehead atoms. The average Bonchev–Trinajstić information content (AvgIpc) is 2.37. The minimum Gasteiger partial charge on any atom is -0.477 e. The third-order valence-electron chi connectivity index (χ3n) is 3.25. The van der Waals surface area contributed by atoms with Gasteiger partial charge in [0.2, 0.25) is 0 Å².